The molecule has 0 saturated heterocycles. The van der Waals surface area contributed by atoms with E-state index in [1.165, 1.54) is 17.7 Å². The van der Waals surface area contributed by atoms with E-state index in [1.807, 2.05) is 18.0 Å². The van der Waals surface area contributed by atoms with Crippen molar-refractivity contribution in [3.05, 3.63) is 70.6 Å². The van der Waals surface area contributed by atoms with Gasteiger partial charge in [0.15, 0.2) is 5.43 Å². The summed E-state index contributed by atoms with van der Waals surface area (Å²) < 4.78 is 1.74. The Morgan fingerprint density at radius 2 is 1.71 bits per heavy atom. The average Bonchev–Trinajstić information content (AvgIpc) is 3.12. The first-order chi connectivity index (χ1) is 11.3. The summed E-state index contributed by atoms with van der Waals surface area (Å²) in [5.41, 5.74) is 1.48. The van der Waals surface area contributed by atoms with Crippen LogP contribution in [0.5, 0.6) is 0 Å². The van der Waals surface area contributed by atoms with Gasteiger partial charge >= 0.3 is 0 Å². The van der Waals surface area contributed by atoms with E-state index in [-0.39, 0.29) is 28.7 Å². The van der Waals surface area contributed by atoms with Crippen LogP contribution in [0.3, 0.4) is 0 Å². The van der Waals surface area contributed by atoms with E-state index >= 15 is 0 Å². The number of carbonyl (C=O) groups excluding carboxylic acids is 1. The van der Waals surface area contributed by atoms with Crippen LogP contribution in [-0.2, 0) is 16.8 Å². The Morgan fingerprint density at radius 3 is 2.25 bits per heavy atom. The van der Waals surface area contributed by atoms with Gasteiger partial charge in [0.05, 0.1) is 0 Å². The number of nitrogens with zero attached hydrogens (tertiary/aromatic N) is 2. The van der Waals surface area contributed by atoms with Crippen molar-refractivity contribution in [2.45, 2.75) is 32.2 Å². The number of aromatic nitrogens is 1. The molecule has 0 radical (unpaired) electrons. The molecule has 126 valence electrons. The van der Waals surface area contributed by atoms with Crippen molar-refractivity contribution in [1.82, 2.24) is 9.47 Å². The Bertz CT molecular complexity index is 774. The SMILES string of the molecule is CN(CC1(c2ccccc2)CC1(C)C)C(=O)Cn1ccc(=O)cc1. The summed E-state index contributed by atoms with van der Waals surface area (Å²) in [6.45, 7) is 5.49. The van der Waals surface area contributed by atoms with Gasteiger partial charge in [0.25, 0.3) is 0 Å². The molecule has 1 aromatic heterocycles. The summed E-state index contributed by atoms with van der Waals surface area (Å²) in [5, 5.41) is 0. The minimum absolute atomic E-state index is 0.0300. The second-order valence-electron chi connectivity index (χ2n) is 7.46. The molecule has 1 aliphatic carbocycles. The fourth-order valence-corrected chi connectivity index (χ4v) is 3.64. The van der Waals surface area contributed by atoms with Crippen LogP contribution >= 0.6 is 0 Å². The van der Waals surface area contributed by atoms with Gasteiger partial charge in [-0.2, -0.15) is 0 Å². The first-order valence-corrected chi connectivity index (χ1v) is 8.30. The number of benzene rings is 1. The Kier molecular flexibility index (Phi) is 4.08. The second-order valence-corrected chi connectivity index (χ2v) is 7.46. The first-order valence-electron chi connectivity index (χ1n) is 8.30. The molecular weight excluding hydrogens is 300 g/mol. The summed E-state index contributed by atoms with van der Waals surface area (Å²) >= 11 is 0. The second kappa shape index (κ2) is 5.93. The van der Waals surface area contributed by atoms with Gasteiger partial charge in [0.2, 0.25) is 5.91 Å². The molecule has 3 rings (SSSR count). The average molecular weight is 324 g/mol. The van der Waals surface area contributed by atoms with E-state index < -0.39 is 0 Å². The van der Waals surface area contributed by atoms with Crippen LogP contribution in [0.2, 0.25) is 0 Å². The lowest BCUT2D eigenvalue weighted by molar-refractivity contribution is -0.131. The maximum Gasteiger partial charge on any atom is 0.242 e. The summed E-state index contributed by atoms with van der Waals surface area (Å²) in [4.78, 5) is 25.5. The van der Waals surface area contributed by atoms with Gasteiger partial charge in [-0.05, 0) is 17.4 Å². The Balaban J connectivity index is 1.73. The summed E-state index contributed by atoms with van der Waals surface area (Å²) in [7, 11) is 1.87. The minimum atomic E-state index is -0.0465. The van der Waals surface area contributed by atoms with Gasteiger partial charge in [0.1, 0.15) is 6.54 Å². The van der Waals surface area contributed by atoms with E-state index in [0.717, 1.165) is 6.42 Å². The van der Waals surface area contributed by atoms with Crippen LogP contribution in [0.15, 0.2) is 59.7 Å². The number of amides is 1. The fourth-order valence-electron chi connectivity index (χ4n) is 3.64. The predicted octanol–water partition coefficient (Wildman–Crippen LogP) is 2.67. The lowest BCUT2D eigenvalue weighted by Crippen LogP contribution is -2.38. The zero-order valence-electron chi connectivity index (χ0n) is 14.5. The standard InChI is InChI=1S/C20H24N2O2/c1-19(2)14-20(19,16-7-5-4-6-8-16)15-21(3)18(24)13-22-11-9-17(23)10-12-22/h4-12H,13-15H2,1-3H3. The van der Waals surface area contributed by atoms with E-state index in [2.05, 4.69) is 38.1 Å². The fraction of sp³-hybridized carbons (Fsp3) is 0.400. The molecule has 1 saturated carbocycles. The zero-order valence-corrected chi connectivity index (χ0v) is 14.5. The van der Waals surface area contributed by atoms with E-state index in [0.29, 0.717) is 6.54 Å². The van der Waals surface area contributed by atoms with Crippen LogP contribution in [0.4, 0.5) is 0 Å². The number of hydrogen-bond acceptors (Lipinski definition) is 2. The molecule has 0 aliphatic heterocycles. The highest BCUT2D eigenvalue weighted by molar-refractivity contribution is 5.76. The lowest BCUT2D eigenvalue weighted by atomic mass is 9.87. The molecule has 1 aromatic carbocycles. The molecule has 1 heterocycles. The quantitative estimate of drug-likeness (QED) is 0.848. The van der Waals surface area contributed by atoms with Crippen molar-refractivity contribution in [2.75, 3.05) is 13.6 Å². The minimum Gasteiger partial charge on any atom is -0.345 e. The Labute approximate surface area is 142 Å². The molecule has 1 amide bonds. The molecule has 2 aromatic rings. The van der Waals surface area contributed by atoms with Crippen LogP contribution in [0.25, 0.3) is 0 Å². The summed E-state index contributed by atoms with van der Waals surface area (Å²) in [5.74, 6) is 0.0525. The summed E-state index contributed by atoms with van der Waals surface area (Å²) in [6, 6.07) is 13.4. The highest BCUT2D eigenvalue weighted by Crippen LogP contribution is 2.64. The number of hydrogen-bond donors (Lipinski definition) is 0. The van der Waals surface area contributed by atoms with Gasteiger partial charge in [-0.1, -0.05) is 44.2 Å². The van der Waals surface area contributed by atoms with Crippen molar-refractivity contribution < 1.29 is 4.79 Å². The monoisotopic (exact) mass is 324 g/mol. The van der Waals surface area contributed by atoms with Gasteiger partial charge in [-0.15, -0.1) is 0 Å². The molecule has 4 nitrogen and oxygen atoms in total. The van der Waals surface area contributed by atoms with Gasteiger partial charge in [-0.3, -0.25) is 9.59 Å². The maximum absolute atomic E-state index is 12.6. The smallest absolute Gasteiger partial charge is 0.242 e. The highest BCUT2D eigenvalue weighted by Gasteiger charge is 2.62. The van der Waals surface area contributed by atoms with Gasteiger partial charge in [0, 0.05) is 43.5 Å². The molecule has 1 atom stereocenters. The molecule has 1 aliphatic rings. The van der Waals surface area contributed by atoms with Crippen molar-refractivity contribution in [3.8, 4) is 0 Å². The topological polar surface area (TPSA) is 42.3 Å². The van der Waals surface area contributed by atoms with Crippen LogP contribution in [0.1, 0.15) is 25.8 Å². The third kappa shape index (κ3) is 3.01. The van der Waals surface area contributed by atoms with E-state index in [4.69, 9.17) is 0 Å². The molecule has 1 unspecified atom stereocenters. The van der Waals surface area contributed by atoms with Crippen molar-refractivity contribution in [2.24, 2.45) is 5.41 Å². The molecule has 0 N–H and O–H groups in total. The molecule has 24 heavy (non-hydrogen) atoms. The van der Waals surface area contributed by atoms with Gasteiger partial charge < -0.3 is 9.47 Å². The number of carbonyl (C=O) groups is 1. The number of likely N-dealkylation sites (N-methyl/N-ethyl adjacent to an activating group) is 1. The predicted molar refractivity (Wildman–Crippen MR) is 94.9 cm³/mol. The normalized spacial score (nSPS) is 21.3. The lowest BCUT2D eigenvalue weighted by Gasteiger charge is -2.28. The largest absolute Gasteiger partial charge is 0.345 e. The van der Waals surface area contributed by atoms with Gasteiger partial charge in [-0.25, -0.2) is 0 Å². The van der Waals surface area contributed by atoms with Crippen molar-refractivity contribution >= 4 is 5.91 Å². The molecule has 4 heteroatoms. The summed E-state index contributed by atoms with van der Waals surface area (Å²) in [6.07, 6.45) is 4.39. The van der Waals surface area contributed by atoms with Crippen LogP contribution in [0, 0.1) is 5.41 Å². The third-order valence-electron chi connectivity index (χ3n) is 5.35. The maximum atomic E-state index is 12.6. The molecule has 0 spiro atoms. The third-order valence-corrected chi connectivity index (χ3v) is 5.35. The van der Waals surface area contributed by atoms with Crippen LogP contribution < -0.4 is 5.43 Å². The number of rotatable bonds is 5. The zero-order chi connectivity index (χ0) is 17.4. The van der Waals surface area contributed by atoms with Crippen LogP contribution in [-0.4, -0.2) is 29.0 Å². The Morgan fingerprint density at radius 1 is 1.12 bits per heavy atom. The first kappa shape index (κ1) is 16.5. The Hall–Kier alpha value is -2.36. The van der Waals surface area contributed by atoms with E-state index in [9.17, 15) is 9.59 Å². The molecular formula is C20H24N2O2. The van der Waals surface area contributed by atoms with E-state index in [1.54, 1.807) is 17.0 Å². The highest BCUT2D eigenvalue weighted by atomic mass is 16.2. The molecule has 0 bridgehead atoms. The molecule has 1 fully saturated rings. The van der Waals surface area contributed by atoms with Crippen molar-refractivity contribution in [1.29, 1.82) is 0 Å². The van der Waals surface area contributed by atoms with Crippen molar-refractivity contribution in [3.63, 3.8) is 0 Å². The number of pyridine rings is 1.